The molecule has 0 amide bonds. The van der Waals surface area contributed by atoms with Crippen LogP contribution in [0.4, 0.5) is 0 Å². The Kier molecular flexibility index (Phi) is 6.71. The van der Waals surface area contributed by atoms with Crippen molar-refractivity contribution in [1.29, 1.82) is 0 Å². The van der Waals surface area contributed by atoms with Gasteiger partial charge in [0.05, 0.1) is 3.58 Å². The number of Topliss-reactive ketones (excluding diaryl/α,β-unsaturated/α-hetero) is 1. The summed E-state index contributed by atoms with van der Waals surface area (Å²) in [6.45, 7) is 1.53. The average molecular weight is 472 g/mol. The van der Waals surface area contributed by atoms with E-state index in [2.05, 4.69) is 22.6 Å². The lowest BCUT2D eigenvalue weighted by molar-refractivity contribution is -0.109. The summed E-state index contributed by atoms with van der Waals surface area (Å²) in [7, 11) is 0. The minimum absolute atomic E-state index is 0.0137. The van der Waals surface area contributed by atoms with Crippen LogP contribution < -0.4 is 0 Å². The van der Waals surface area contributed by atoms with Crippen LogP contribution in [-0.2, 0) is 4.79 Å². The van der Waals surface area contributed by atoms with E-state index in [1.54, 1.807) is 12.1 Å². The molecule has 0 aliphatic carbocycles. The van der Waals surface area contributed by atoms with Gasteiger partial charge in [-0.05, 0) is 45.2 Å². The zero-order chi connectivity index (χ0) is 12.8. The molecule has 0 aromatic heterocycles. The molecule has 0 saturated carbocycles. The smallest absolute Gasteiger partial charge is 0.199 e. The molecular formula is C12H10I2O2S. The summed E-state index contributed by atoms with van der Waals surface area (Å²) in [6, 6.07) is 9.15. The van der Waals surface area contributed by atoms with Gasteiger partial charge in [-0.25, -0.2) is 0 Å². The minimum atomic E-state index is 0.0137. The Balaban J connectivity index is 2.81. The minimum Gasteiger partial charge on any atom is -0.288 e. The molecule has 0 aliphatic heterocycles. The van der Waals surface area contributed by atoms with Crippen LogP contribution in [0.5, 0.6) is 0 Å². The maximum atomic E-state index is 12.1. The molecule has 1 aromatic carbocycles. The van der Waals surface area contributed by atoms with Gasteiger partial charge in [-0.15, -0.1) is 0 Å². The lowest BCUT2D eigenvalue weighted by atomic mass is 10.1. The molecule has 2 nitrogen and oxygen atoms in total. The van der Waals surface area contributed by atoms with E-state index in [-0.39, 0.29) is 10.9 Å². The predicted molar refractivity (Wildman–Crippen MR) is 89.0 cm³/mol. The van der Waals surface area contributed by atoms with Crippen LogP contribution >= 0.6 is 56.9 Å². The van der Waals surface area contributed by atoms with E-state index in [4.69, 9.17) is 0 Å². The summed E-state index contributed by atoms with van der Waals surface area (Å²) in [5, 5.41) is 0.0653. The largest absolute Gasteiger partial charge is 0.288 e. The highest BCUT2D eigenvalue weighted by Crippen LogP contribution is 2.26. The predicted octanol–water partition coefficient (Wildman–Crippen LogP) is 4.23. The number of ketones is 1. The standard InChI is InChI=1S/C12H10I2O2S/c1-8(15)17-7-10(13)11(14)12(16)9-5-3-2-4-6-9/h2-6H,7H2,1H3/b11-10+. The molecule has 0 bridgehead atoms. The van der Waals surface area contributed by atoms with Gasteiger partial charge in [0.1, 0.15) is 0 Å². The van der Waals surface area contributed by atoms with E-state index in [0.29, 0.717) is 14.9 Å². The third-order valence-electron chi connectivity index (χ3n) is 1.88. The topological polar surface area (TPSA) is 34.1 Å². The normalized spacial score (nSPS) is 11.9. The van der Waals surface area contributed by atoms with Gasteiger partial charge in [0.15, 0.2) is 10.9 Å². The first-order valence-electron chi connectivity index (χ1n) is 4.79. The number of halogens is 2. The Labute approximate surface area is 132 Å². The second kappa shape index (κ2) is 7.52. The Morgan fingerprint density at radius 1 is 1.18 bits per heavy atom. The van der Waals surface area contributed by atoms with Gasteiger partial charge >= 0.3 is 0 Å². The maximum Gasteiger partial charge on any atom is 0.199 e. The fourth-order valence-corrected chi connectivity index (χ4v) is 3.02. The van der Waals surface area contributed by atoms with Crippen LogP contribution in [0.1, 0.15) is 17.3 Å². The van der Waals surface area contributed by atoms with E-state index >= 15 is 0 Å². The first-order valence-corrected chi connectivity index (χ1v) is 7.94. The zero-order valence-corrected chi connectivity index (χ0v) is 14.2. The fraction of sp³-hybridized carbons (Fsp3) is 0.167. The van der Waals surface area contributed by atoms with Crippen molar-refractivity contribution < 1.29 is 9.59 Å². The first kappa shape index (κ1) is 15.2. The summed E-state index contributed by atoms with van der Waals surface area (Å²) in [6.07, 6.45) is 0. The number of hydrogen-bond donors (Lipinski definition) is 0. The molecule has 0 spiro atoms. The van der Waals surface area contributed by atoms with Crippen LogP contribution in [-0.4, -0.2) is 16.7 Å². The van der Waals surface area contributed by atoms with Crippen molar-refractivity contribution in [3.8, 4) is 0 Å². The van der Waals surface area contributed by atoms with Gasteiger partial charge < -0.3 is 0 Å². The highest BCUT2D eigenvalue weighted by molar-refractivity contribution is 14.1. The number of carbonyl (C=O) groups excluding carboxylic acids is 2. The summed E-state index contributed by atoms with van der Waals surface area (Å²) in [5.74, 6) is 0.576. The average Bonchev–Trinajstić information content (AvgIpc) is 2.35. The number of carbonyl (C=O) groups is 2. The third-order valence-corrected chi connectivity index (χ3v) is 6.33. The van der Waals surface area contributed by atoms with Crippen molar-refractivity contribution in [2.24, 2.45) is 0 Å². The second-order valence-corrected chi connectivity index (χ2v) is 6.73. The van der Waals surface area contributed by atoms with Crippen molar-refractivity contribution in [2.75, 3.05) is 5.75 Å². The van der Waals surface area contributed by atoms with Crippen molar-refractivity contribution in [3.05, 3.63) is 43.1 Å². The van der Waals surface area contributed by atoms with Gasteiger partial charge in [0, 0.05) is 21.8 Å². The van der Waals surface area contributed by atoms with E-state index in [1.165, 1.54) is 18.7 Å². The molecule has 0 fully saturated rings. The number of rotatable bonds is 4. The van der Waals surface area contributed by atoms with Gasteiger partial charge in [-0.2, -0.15) is 0 Å². The Bertz CT molecular complexity index is 455. The molecule has 0 aliphatic rings. The molecule has 5 heteroatoms. The monoisotopic (exact) mass is 472 g/mol. The Hall–Kier alpha value is 0.110. The van der Waals surface area contributed by atoms with Crippen molar-refractivity contribution in [2.45, 2.75) is 6.92 Å². The number of allylic oxidation sites excluding steroid dienone is 1. The molecule has 0 atom stereocenters. The molecule has 1 aromatic rings. The Morgan fingerprint density at radius 3 is 2.29 bits per heavy atom. The third kappa shape index (κ3) is 5.09. The van der Waals surface area contributed by atoms with Crippen LogP contribution in [0.2, 0.25) is 0 Å². The molecular weight excluding hydrogens is 462 g/mol. The highest BCUT2D eigenvalue weighted by Gasteiger charge is 2.13. The molecule has 0 N–H and O–H groups in total. The first-order chi connectivity index (χ1) is 8.02. The summed E-state index contributed by atoms with van der Waals surface area (Å²) < 4.78 is 1.60. The highest BCUT2D eigenvalue weighted by atomic mass is 127. The maximum absolute atomic E-state index is 12.1. The van der Waals surface area contributed by atoms with Crippen LogP contribution in [0.15, 0.2) is 37.5 Å². The van der Waals surface area contributed by atoms with Gasteiger partial charge in [0.25, 0.3) is 0 Å². The fourth-order valence-electron chi connectivity index (χ4n) is 1.07. The number of thioether (sulfide) groups is 1. The van der Waals surface area contributed by atoms with Crippen LogP contribution in [0.3, 0.4) is 0 Å². The molecule has 0 radical (unpaired) electrons. The Morgan fingerprint density at radius 2 is 1.76 bits per heavy atom. The van der Waals surface area contributed by atoms with Crippen LogP contribution in [0, 0.1) is 0 Å². The van der Waals surface area contributed by atoms with Crippen LogP contribution in [0.25, 0.3) is 0 Å². The second-order valence-electron chi connectivity index (χ2n) is 3.19. The molecule has 1 rings (SSSR count). The summed E-state index contributed by atoms with van der Waals surface area (Å²) in [4.78, 5) is 22.9. The number of hydrogen-bond acceptors (Lipinski definition) is 3. The molecule has 0 unspecified atom stereocenters. The molecule has 90 valence electrons. The van der Waals surface area contributed by atoms with Crippen molar-refractivity contribution in [3.63, 3.8) is 0 Å². The van der Waals surface area contributed by atoms with Gasteiger partial charge in [-0.1, -0.05) is 42.1 Å². The van der Waals surface area contributed by atoms with E-state index < -0.39 is 0 Å². The SMILES string of the molecule is CC(=O)SC/C(I)=C(\I)C(=O)c1ccccc1. The lowest BCUT2D eigenvalue weighted by Gasteiger charge is -2.03. The molecule has 0 saturated heterocycles. The zero-order valence-electron chi connectivity index (χ0n) is 9.07. The van der Waals surface area contributed by atoms with Gasteiger partial charge in [-0.3, -0.25) is 9.59 Å². The van der Waals surface area contributed by atoms with E-state index in [9.17, 15) is 9.59 Å². The van der Waals surface area contributed by atoms with Gasteiger partial charge in [0.2, 0.25) is 0 Å². The summed E-state index contributed by atoms with van der Waals surface area (Å²) >= 11 is 5.38. The van der Waals surface area contributed by atoms with E-state index in [1.807, 2.05) is 40.8 Å². The summed E-state index contributed by atoms with van der Waals surface area (Å²) in [5.41, 5.74) is 0.680. The van der Waals surface area contributed by atoms with E-state index in [0.717, 1.165) is 3.58 Å². The lowest BCUT2D eigenvalue weighted by Crippen LogP contribution is -2.01. The quantitative estimate of drug-likeness (QED) is 0.374. The van der Waals surface area contributed by atoms with Crippen molar-refractivity contribution >= 4 is 67.8 Å². The van der Waals surface area contributed by atoms with Crippen molar-refractivity contribution in [1.82, 2.24) is 0 Å². The number of benzene rings is 1. The molecule has 0 heterocycles. The molecule has 17 heavy (non-hydrogen) atoms.